The van der Waals surface area contributed by atoms with Crippen molar-refractivity contribution >= 4 is 5.78 Å². The Labute approximate surface area is 54.9 Å². The fourth-order valence-corrected chi connectivity index (χ4v) is 0.927. The highest BCUT2D eigenvalue weighted by atomic mass is 16.1. The van der Waals surface area contributed by atoms with Gasteiger partial charge in [0.25, 0.3) is 0 Å². The van der Waals surface area contributed by atoms with Crippen molar-refractivity contribution in [1.82, 2.24) is 5.32 Å². The third kappa shape index (κ3) is 1.31. The average Bonchev–Trinajstić information content (AvgIpc) is 2.37. The summed E-state index contributed by atoms with van der Waals surface area (Å²) in [5, 5.41) is 2.98. The second-order valence-electron chi connectivity index (χ2n) is 2.18. The number of hydrogen-bond donors (Lipinski definition) is 1. The molecule has 9 heavy (non-hydrogen) atoms. The highest BCUT2D eigenvalue weighted by Gasteiger charge is 2.15. The van der Waals surface area contributed by atoms with Crippen LogP contribution in [0.25, 0.3) is 0 Å². The first-order valence-electron chi connectivity index (χ1n) is 3.28. The van der Waals surface area contributed by atoms with Crippen LogP contribution in [0.1, 0.15) is 19.8 Å². The van der Waals surface area contributed by atoms with Gasteiger partial charge < -0.3 is 5.32 Å². The first-order valence-corrected chi connectivity index (χ1v) is 3.28. The van der Waals surface area contributed by atoms with Crippen LogP contribution < -0.4 is 5.32 Å². The normalized spacial score (nSPS) is 23.9. The van der Waals surface area contributed by atoms with Crippen molar-refractivity contribution in [3.63, 3.8) is 0 Å². The standard InChI is InChI=1S/C7H11NO/c1-2-7(9)6-4-3-5-8-6/h3,5-6,8H,2,4H2,1H3. The Morgan fingerprint density at radius 1 is 1.89 bits per heavy atom. The molecule has 0 bridgehead atoms. The van der Waals surface area contributed by atoms with Gasteiger partial charge in [-0.2, -0.15) is 0 Å². The zero-order chi connectivity index (χ0) is 6.69. The Kier molecular flexibility index (Phi) is 1.88. The monoisotopic (exact) mass is 125 g/mol. The predicted molar refractivity (Wildman–Crippen MR) is 36.0 cm³/mol. The van der Waals surface area contributed by atoms with Crippen LogP contribution in [-0.4, -0.2) is 11.8 Å². The average molecular weight is 125 g/mol. The van der Waals surface area contributed by atoms with Gasteiger partial charge in [-0.1, -0.05) is 13.0 Å². The lowest BCUT2D eigenvalue weighted by molar-refractivity contribution is -0.120. The van der Waals surface area contributed by atoms with Gasteiger partial charge in [-0.15, -0.1) is 0 Å². The fraction of sp³-hybridized carbons (Fsp3) is 0.571. The highest BCUT2D eigenvalue weighted by molar-refractivity contribution is 5.84. The molecule has 0 saturated carbocycles. The molecule has 1 heterocycles. The maximum absolute atomic E-state index is 10.9. The molecule has 1 aliphatic heterocycles. The molecule has 1 rings (SSSR count). The number of hydrogen-bond acceptors (Lipinski definition) is 2. The molecule has 0 saturated heterocycles. The van der Waals surface area contributed by atoms with Gasteiger partial charge in [-0.05, 0) is 12.6 Å². The van der Waals surface area contributed by atoms with E-state index in [1.165, 1.54) is 0 Å². The van der Waals surface area contributed by atoms with Gasteiger partial charge in [0.1, 0.15) is 0 Å². The molecule has 0 fully saturated rings. The summed E-state index contributed by atoms with van der Waals surface area (Å²) in [4.78, 5) is 10.9. The molecule has 0 aromatic rings. The molecule has 0 radical (unpaired) electrons. The Morgan fingerprint density at radius 3 is 3.11 bits per heavy atom. The summed E-state index contributed by atoms with van der Waals surface area (Å²) >= 11 is 0. The topological polar surface area (TPSA) is 29.1 Å². The SMILES string of the molecule is CCC(=O)C1CC=CN1. The summed E-state index contributed by atoms with van der Waals surface area (Å²) in [7, 11) is 0. The van der Waals surface area contributed by atoms with Crippen LogP contribution in [0.2, 0.25) is 0 Å². The number of nitrogens with one attached hydrogen (secondary N) is 1. The summed E-state index contributed by atoms with van der Waals surface area (Å²) in [5.74, 6) is 0.306. The van der Waals surface area contributed by atoms with Gasteiger partial charge in [0, 0.05) is 6.42 Å². The second-order valence-corrected chi connectivity index (χ2v) is 2.18. The molecule has 0 aromatic carbocycles. The van der Waals surface area contributed by atoms with E-state index in [-0.39, 0.29) is 6.04 Å². The maximum atomic E-state index is 10.9. The zero-order valence-electron chi connectivity index (χ0n) is 5.55. The molecule has 2 nitrogen and oxygen atoms in total. The number of carbonyl (C=O) groups excluding carboxylic acids is 1. The third-order valence-electron chi connectivity index (χ3n) is 1.52. The Balaban J connectivity index is 2.36. The van der Waals surface area contributed by atoms with Crippen molar-refractivity contribution < 1.29 is 4.79 Å². The molecular formula is C7H11NO. The molecule has 1 atom stereocenters. The van der Waals surface area contributed by atoms with Gasteiger partial charge in [0.2, 0.25) is 0 Å². The minimum atomic E-state index is 0.0787. The van der Waals surface area contributed by atoms with Crippen LogP contribution >= 0.6 is 0 Å². The lowest BCUT2D eigenvalue weighted by Crippen LogP contribution is -2.28. The summed E-state index contributed by atoms with van der Waals surface area (Å²) in [6, 6.07) is 0.0787. The van der Waals surface area contributed by atoms with E-state index in [1.807, 2.05) is 19.2 Å². The summed E-state index contributed by atoms with van der Waals surface area (Å²) in [6.07, 6.45) is 5.34. The van der Waals surface area contributed by atoms with Gasteiger partial charge in [0.05, 0.1) is 6.04 Å². The summed E-state index contributed by atoms with van der Waals surface area (Å²) in [5.41, 5.74) is 0. The van der Waals surface area contributed by atoms with Crippen LogP contribution in [0, 0.1) is 0 Å². The molecule has 1 aliphatic rings. The largest absolute Gasteiger partial charge is 0.381 e. The van der Waals surface area contributed by atoms with E-state index in [9.17, 15) is 4.79 Å². The lowest BCUT2D eigenvalue weighted by atomic mass is 10.1. The van der Waals surface area contributed by atoms with Crippen molar-refractivity contribution in [2.45, 2.75) is 25.8 Å². The number of ketones is 1. The minimum Gasteiger partial charge on any atom is -0.381 e. The molecule has 2 heteroatoms. The number of Topliss-reactive ketones (excluding diaryl/α,β-unsaturated/α-hetero) is 1. The van der Waals surface area contributed by atoms with Crippen molar-refractivity contribution in [3.05, 3.63) is 12.3 Å². The van der Waals surface area contributed by atoms with E-state index in [1.54, 1.807) is 0 Å². The fourth-order valence-electron chi connectivity index (χ4n) is 0.927. The molecule has 0 spiro atoms. The predicted octanol–water partition coefficient (Wildman–Crippen LogP) is 0.841. The van der Waals surface area contributed by atoms with E-state index in [0.29, 0.717) is 12.2 Å². The third-order valence-corrected chi connectivity index (χ3v) is 1.52. The van der Waals surface area contributed by atoms with Crippen LogP contribution in [0.15, 0.2) is 12.3 Å². The Hall–Kier alpha value is -0.790. The molecule has 1 N–H and O–H groups in total. The quantitative estimate of drug-likeness (QED) is 0.592. The van der Waals surface area contributed by atoms with Crippen molar-refractivity contribution in [3.8, 4) is 0 Å². The first kappa shape index (κ1) is 6.33. The van der Waals surface area contributed by atoms with Crippen molar-refractivity contribution in [2.24, 2.45) is 0 Å². The van der Waals surface area contributed by atoms with Gasteiger partial charge in [-0.3, -0.25) is 4.79 Å². The first-order chi connectivity index (χ1) is 4.34. The van der Waals surface area contributed by atoms with E-state index in [2.05, 4.69) is 5.32 Å². The van der Waals surface area contributed by atoms with Crippen molar-refractivity contribution in [2.75, 3.05) is 0 Å². The zero-order valence-corrected chi connectivity index (χ0v) is 5.55. The van der Waals surface area contributed by atoms with Gasteiger partial charge in [0.15, 0.2) is 5.78 Å². The molecule has 0 aliphatic carbocycles. The second kappa shape index (κ2) is 2.67. The molecule has 0 aromatic heterocycles. The van der Waals surface area contributed by atoms with Crippen LogP contribution in [-0.2, 0) is 4.79 Å². The van der Waals surface area contributed by atoms with Gasteiger partial charge >= 0.3 is 0 Å². The van der Waals surface area contributed by atoms with Crippen LogP contribution in [0.4, 0.5) is 0 Å². The number of rotatable bonds is 2. The van der Waals surface area contributed by atoms with Crippen molar-refractivity contribution in [1.29, 1.82) is 0 Å². The Morgan fingerprint density at radius 2 is 2.67 bits per heavy atom. The molecule has 1 unspecified atom stereocenters. The van der Waals surface area contributed by atoms with E-state index in [0.717, 1.165) is 6.42 Å². The minimum absolute atomic E-state index is 0.0787. The van der Waals surface area contributed by atoms with Crippen LogP contribution in [0.5, 0.6) is 0 Å². The molecule has 50 valence electrons. The Bertz CT molecular complexity index is 132. The number of carbonyl (C=O) groups is 1. The van der Waals surface area contributed by atoms with Gasteiger partial charge in [-0.25, -0.2) is 0 Å². The van der Waals surface area contributed by atoms with E-state index < -0.39 is 0 Å². The van der Waals surface area contributed by atoms with E-state index in [4.69, 9.17) is 0 Å². The lowest BCUT2D eigenvalue weighted by Gasteiger charge is -2.05. The molecular weight excluding hydrogens is 114 g/mol. The maximum Gasteiger partial charge on any atom is 0.155 e. The highest BCUT2D eigenvalue weighted by Crippen LogP contribution is 2.03. The smallest absolute Gasteiger partial charge is 0.155 e. The summed E-state index contributed by atoms with van der Waals surface area (Å²) < 4.78 is 0. The summed E-state index contributed by atoms with van der Waals surface area (Å²) in [6.45, 7) is 1.89. The van der Waals surface area contributed by atoms with E-state index >= 15 is 0 Å². The van der Waals surface area contributed by atoms with Crippen LogP contribution in [0.3, 0.4) is 0 Å². The molecule has 0 amide bonds.